The number of benzene rings is 1. The fraction of sp³-hybridized carbons (Fsp3) is 0.318. The first-order valence-electron chi connectivity index (χ1n) is 10.1. The molecule has 5 rings (SSSR count). The van der Waals surface area contributed by atoms with Crippen molar-refractivity contribution in [2.24, 2.45) is 0 Å². The van der Waals surface area contributed by atoms with E-state index < -0.39 is 15.6 Å². The second-order valence-electron chi connectivity index (χ2n) is 8.59. The molecule has 0 unspecified atom stereocenters. The van der Waals surface area contributed by atoms with Crippen LogP contribution in [0.15, 0.2) is 36.7 Å². The fourth-order valence-electron chi connectivity index (χ4n) is 3.79. The van der Waals surface area contributed by atoms with Crippen LogP contribution in [0.5, 0.6) is 5.75 Å². The standard InChI is InChI=1S/C22H21ClN4O4S/c1-22(2)21(28)27(3)18-11-24-16-7-4-12(8-15(16)19(18)31-22)13-9-17(20(23)25-10-13)26-32(29,30)14-5-6-14/h4,7-11,14,26H,5-6H2,1-3H3. The van der Waals surface area contributed by atoms with Gasteiger partial charge in [0.15, 0.2) is 16.5 Å². The van der Waals surface area contributed by atoms with Crippen LogP contribution in [0.2, 0.25) is 5.15 Å². The van der Waals surface area contributed by atoms with Crippen molar-refractivity contribution < 1.29 is 17.9 Å². The van der Waals surface area contributed by atoms with Crippen LogP contribution in [-0.4, -0.2) is 42.2 Å². The number of amides is 1. The summed E-state index contributed by atoms with van der Waals surface area (Å²) >= 11 is 6.16. The minimum absolute atomic E-state index is 0.0861. The Kier molecular flexibility index (Phi) is 4.62. The van der Waals surface area contributed by atoms with Crippen LogP contribution in [0.3, 0.4) is 0 Å². The number of likely N-dealkylation sites (N-methyl/N-ethyl adjacent to an activating group) is 1. The van der Waals surface area contributed by atoms with Gasteiger partial charge in [0, 0.05) is 24.2 Å². The number of carbonyl (C=O) groups excluding carboxylic acids is 1. The number of carbonyl (C=O) groups is 1. The molecule has 3 aromatic rings. The smallest absolute Gasteiger partial charge is 0.270 e. The van der Waals surface area contributed by atoms with E-state index in [0.29, 0.717) is 35.4 Å². The highest BCUT2D eigenvalue weighted by atomic mass is 35.5. The molecule has 0 atom stereocenters. The molecule has 32 heavy (non-hydrogen) atoms. The molecule has 0 saturated heterocycles. The molecular formula is C22H21ClN4O4S. The quantitative estimate of drug-likeness (QED) is 0.576. The molecule has 1 saturated carbocycles. The predicted octanol–water partition coefficient (Wildman–Crippen LogP) is 3.99. The van der Waals surface area contributed by atoms with Gasteiger partial charge in [-0.05, 0) is 50.5 Å². The molecule has 10 heteroatoms. The van der Waals surface area contributed by atoms with E-state index in [0.717, 1.165) is 10.9 Å². The molecule has 1 aliphatic carbocycles. The van der Waals surface area contributed by atoms with Gasteiger partial charge in [0.25, 0.3) is 5.91 Å². The number of rotatable bonds is 4. The molecule has 0 spiro atoms. The maximum atomic E-state index is 12.6. The lowest BCUT2D eigenvalue weighted by Gasteiger charge is -2.37. The van der Waals surface area contributed by atoms with E-state index >= 15 is 0 Å². The zero-order chi connectivity index (χ0) is 22.8. The number of fused-ring (bicyclic) bond motifs is 3. The van der Waals surface area contributed by atoms with E-state index in [2.05, 4.69) is 14.7 Å². The van der Waals surface area contributed by atoms with E-state index in [1.54, 1.807) is 44.3 Å². The molecular weight excluding hydrogens is 452 g/mol. The predicted molar refractivity (Wildman–Crippen MR) is 124 cm³/mol. The second kappa shape index (κ2) is 7.05. The van der Waals surface area contributed by atoms with Crippen LogP contribution in [0.25, 0.3) is 22.0 Å². The van der Waals surface area contributed by atoms with Gasteiger partial charge in [0.05, 0.1) is 22.7 Å². The van der Waals surface area contributed by atoms with Crippen LogP contribution in [0.4, 0.5) is 11.4 Å². The zero-order valence-electron chi connectivity index (χ0n) is 17.7. The zero-order valence-corrected chi connectivity index (χ0v) is 19.3. The summed E-state index contributed by atoms with van der Waals surface area (Å²) in [7, 11) is -1.78. The molecule has 0 radical (unpaired) electrons. The first-order chi connectivity index (χ1) is 15.1. The highest BCUT2D eigenvalue weighted by Crippen LogP contribution is 2.42. The van der Waals surface area contributed by atoms with Crippen molar-refractivity contribution >= 4 is 49.8 Å². The number of nitrogens with zero attached hydrogens (tertiary/aromatic N) is 3. The maximum absolute atomic E-state index is 12.6. The maximum Gasteiger partial charge on any atom is 0.270 e. The molecule has 0 bridgehead atoms. The summed E-state index contributed by atoms with van der Waals surface area (Å²) in [5, 5.41) is 0.450. The molecule has 8 nitrogen and oxygen atoms in total. The van der Waals surface area contributed by atoms with Crippen molar-refractivity contribution in [3.05, 3.63) is 41.8 Å². The van der Waals surface area contributed by atoms with Gasteiger partial charge in [0.1, 0.15) is 5.69 Å². The Labute approximate surface area is 190 Å². The molecule has 166 valence electrons. The lowest BCUT2D eigenvalue weighted by molar-refractivity contribution is -0.132. The van der Waals surface area contributed by atoms with Crippen molar-refractivity contribution in [3.8, 4) is 16.9 Å². The third-order valence-electron chi connectivity index (χ3n) is 5.73. The van der Waals surface area contributed by atoms with Gasteiger partial charge in [0.2, 0.25) is 10.0 Å². The van der Waals surface area contributed by atoms with Gasteiger partial charge in [-0.1, -0.05) is 17.7 Å². The summed E-state index contributed by atoms with van der Waals surface area (Å²) in [4.78, 5) is 22.8. The third kappa shape index (κ3) is 3.45. The Morgan fingerprint density at radius 1 is 1.16 bits per heavy atom. The lowest BCUT2D eigenvalue weighted by atomic mass is 10.0. The molecule has 2 aliphatic rings. The normalized spacial score (nSPS) is 17.8. The van der Waals surface area contributed by atoms with Crippen LogP contribution in [0.1, 0.15) is 26.7 Å². The summed E-state index contributed by atoms with van der Waals surface area (Å²) in [6.45, 7) is 3.46. The molecule has 1 N–H and O–H groups in total. The van der Waals surface area contributed by atoms with Gasteiger partial charge in [-0.3, -0.25) is 14.5 Å². The summed E-state index contributed by atoms with van der Waals surface area (Å²) < 4.78 is 33.4. The molecule has 1 fully saturated rings. The van der Waals surface area contributed by atoms with Gasteiger partial charge in [-0.15, -0.1) is 0 Å². The number of hydrogen-bond acceptors (Lipinski definition) is 6. The lowest BCUT2D eigenvalue weighted by Crippen LogP contribution is -2.51. The molecule has 1 amide bonds. The van der Waals surface area contributed by atoms with Crippen molar-refractivity contribution in [1.82, 2.24) is 9.97 Å². The van der Waals surface area contributed by atoms with Gasteiger partial charge < -0.3 is 9.64 Å². The van der Waals surface area contributed by atoms with E-state index in [1.807, 2.05) is 18.2 Å². The minimum atomic E-state index is -3.47. The number of anilines is 2. The second-order valence-corrected chi connectivity index (χ2v) is 10.9. The van der Waals surface area contributed by atoms with Crippen molar-refractivity contribution in [3.63, 3.8) is 0 Å². The molecule has 2 aromatic heterocycles. The monoisotopic (exact) mass is 472 g/mol. The van der Waals surface area contributed by atoms with Gasteiger partial charge in [-0.25, -0.2) is 13.4 Å². The first kappa shape index (κ1) is 21.0. The largest absolute Gasteiger partial charge is 0.475 e. The number of halogens is 1. The van der Waals surface area contributed by atoms with E-state index in [1.165, 1.54) is 0 Å². The SMILES string of the molecule is CN1C(=O)C(C)(C)Oc2c1cnc1ccc(-c3cnc(Cl)c(NS(=O)(=O)C4CC4)c3)cc21. The Morgan fingerprint density at radius 2 is 1.91 bits per heavy atom. The molecule has 3 heterocycles. The number of hydrogen-bond donors (Lipinski definition) is 1. The van der Waals surface area contributed by atoms with Crippen LogP contribution >= 0.6 is 11.6 Å². The van der Waals surface area contributed by atoms with Gasteiger partial charge >= 0.3 is 0 Å². The average molecular weight is 473 g/mol. The topological polar surface area (TPSA) is 101 Å². The van der Waals surface area contributed by atoms with Crippen molar-refractivity contribution in [2.45, 2.75) is 37.5 Å². The van der Waals surface area contributed by atoms with Crippen molar-refractivity contribution in [2.75, 3.05) is 16.7 Å². The Hall–Kier alpha value is -2.91. The van der Waals surface area contributed by atoms with E-state index in [-0.39, 0.29) is 22.0 Å². The van der Waals surface area contributed by atoms with E-state index in [9.17, 15) is 13.2 Å². The summed E-state index contributed by atoms with van der Waals surface area (Å²) in [6.07, 6.45) is 4.51. The highest BCUT2D eigenvalue weighted by molar-refractivity contribution is 7.93. The van der Waals surface area contributed by atoms with Crippen LogP contribution < -0.4 is 14.4 Å². The van der Waals surface area contributed by atoms with Gasteiger partial charge in [-0.2, -0.15) is 0 Å². The number of ether oxygens (including phenoxy) is 1. The highest BCUT2D eigenvalue weighted by Gasteiger charge is 2.40. The summed E-state index contributed by atoms with van der Waals surface area (Å²) in [5.74, 6) is 0.414. The Bertz CT molecular complexity index is 1390. The number of nitrogens with one attached hydrogen (secondary N) is 1. The molecule has 1 aromatic carbocycles. The number of sulfonamides is 1. The number of aromatic nitrogens is 2. The Morgan fingerprint density at radius 3 is 2.62 bits per heavy atom. The Balaban J connectivity index is 1.60. The summed E-state index contributed by atoms with van der Waals surface area (Å²) in [6, 6.07) is 7.28. The summed E-state index contributed by atoms with van der Waals surface area (Å²) in [5.41, 5.74) is 2.00. The van der Waals surface area contributed by atoms with E-state index in [4.69, 9.17) is 16.3 Å². The average Bonchev–Trinajstić information content (AvgIpc) is 3.59. The third-order valence-corrected chi connectivity index (χ3v) is 7.88. The first-order valence-corrected chi connectivity index (χ1v) is 12.1. The van der Waals surface area contributed by atoms with Crippen molar-refractivity contribution in [1.29, 1.82) is 0 Å². The minimum Gasteiger partial charge on any atom is -0.475 e. The molecule has 1 aliphatic heterocycles. The van der Waals surface area contributed by atoms with Crippen LogP contribution in [0, 0.1) is 0 Å². The van der Waals surface area contributed by atoms with Crippen LogP contribution in [-0.2, 0) is 14.8 Å². The fourth-order valence-corrected chi connectivity index (χ4v) is 5.38. The number of pyridine rings is 2.